The molecular weight excluding hydrogens is 548 g/mol. The molecule has 4 rings (SSSR count). The maximum Gasteiger partial charge on any atom is 0.293 e. The first-order chi connectivity index (χ1) is 17.2. The van der Waals surface area contributed by atoms with Gasteiger partial charge < -0.3 is 9.47 Å². The Morgan fingerprint density at radius 3 is 2.39 bits per heavy atom. The highest BCUT2D eigenvalue weighted by Crippen LogP contribution is 2.36. The summed E-state index contributed by atoms with van der Waals surface area (Å²) in [6.45, 7) is 2.40. The second-order valence-electron chi connectivity index (χ2n) is 7.67. The summed E-state index contributed by atoms with van der Waals surface area (Å²) in [6.07, 6.45) is 1.61. The van der Waals surface area contributed by atoms with E-state index in [1.165, 1.54) is 12.1 Å². The van der Waals surface area contributed by atoms with Crippen LogP contribution in [0.5, 0.6) is 11.5 Å². The number of hydrogen-bond donors (Lipinski definition) is 0. The first kappa shape index (κ1) is 26.4. The van der Waals surface area contributed by atoms with Crippen molar-refractivity contribution in [2.75, 3.05) is 6.61 Å². The number of hydrogen-bond acceptors (Lipinski definition) is 5. The number of thioether (sulfide) groups is 1. The number of amides is 2. The third-order valence-electron chi connectivity index (χ3n) is 5.18. The lowest BCUT2D eigenvalue weighted by Crippen LogP contribution is -2.27. The number of ether oxygens (including phenoxy) is 2. The van der Waals surface area contributed by atoms with Crippen molar-refractivity contribution in [1.82, 2.24) is 4.90 Å². The van der Waals surface area contributed by atoms with Gasteiger partial charge in [0, 0.05) is 20.6 Å². The van der Waals surface area contributed by atoms with Gasteiger partial charge in [-0.1, -0.05) is 53.0 Å². The van der Waals surface area contributed by atoms with Crippen LogP contribution in [0.3, 0.4) is 0 Å². The fraction of sp³-hybridized carbons (Fsp3) is 0.154. The maximum absolute atomic E-state index is 13.3. The van der Waals surface area contributed by atoms with Crippen molar-refractivity contribution < 1.29 is 23.5 Å². The number of nitrogens with zero attached hydrogens (tertiary/aromatic N) is 1. The predicted molar refractivity (Wildman–Crippen MR) is 141 cm³/mol. The summed E-state index contributed by atoms with van der Waals surface area (Å²) in [4.78, 5) is 26.8. The number of halogens is 4. The molecule has 1 saturated heterocycles. The first-order valence-electron chi connectivity index (χ1n) is 10.8. The molecular formula is C26H19Cl3FNO4S. The average Bonchev–Trinajstić information content (AvgIpc) is 3.08. The number of carbonyl (C=O) groups is 2. The molecule has 0 aliphatic carbocycles. The van der Waals surface area contributed by atoms with Gasteiger partial charge in [0.15, 0.2) is 11.5 Å². The van der Waals surface area contributed by atoms with Gasteiger partial charge in [-0.15, -0.1) is 0 Å². The van der Waals surface area contributed by atoms with Crippen LogP contribution in [0, 0.1) is 5.82 Å². The molecule has 1 aliphatic rings. The van der Waals surface area contributed by atoms with Gasteiger partial charge in [-0.05, 0) is 72.3 Å². The van der Waals surface area contributed by atoms with Gasteiger partial charge in [0.25, 0.3) is 11.1 Å². The third-order valence-corrected chi connectivity index (χ3v) is 7.03. The van der Waals surface area contributed by atoms with Crippen molar-refractivity contribution in [2.45, 2.75) is 20.1 Å². The van der Waals surface area contributed by atoms with Crippen LogP contribution in [0.2, 0.25) is 15.1 Å². The van der Waals surface area contributed by atoms with E-state index >= 15 is 0 Å². The van der Waals surface area contributed by atoms with E-state index < -0.39 is 17.0 Å². The van der Waals surface area contributed by atoms with E-state index in [2.05, 4.69) is 0 Å². The monoisotopic (exact) mass is 565 g/mol. The van der Waals surface area contributed by atoms with Crippen molar-refractivity contribution in [3.8, 4) is 11.5 Å². The lowest BCUT2D eigenvalue weighted by molar-refractivity contribution is -0.123. The van der Waals surface area contributed by atoms with Crippen LogP contribution in [0.15, 0.2) is 59.5 Å². The summed E-state index contributed by atoms with van der Waals surface area (Å²) in [6, 6.07) is 14.2. The van der Waals surface area contributed by atoms with E-state index in [1.54, 1.807) is 42.5 Å². The number of benzene rings is 3. The smallest absolute Gasteiger partial charge is 0.293 e. The molecule has 0 N–H and O–H groups in total. The maximum atomic E-state index is 13.3. The third kappa shape index (κ3) is 6.16. The summed E-state index contributed by atoms with van der Waals surface area (Å²) < 4.78 is 25.0. The molecule has 0 radical (unpaired) electrons. The van der Waals surface area contributed by atoms with Crippen LogP contribution in [0.4, 0.5) is 9.18 Å². The standard InChI is InChI=1S/C26H19Cl3FNO4S/c1-2-34-23-9-15(3-8-22(23)35-14-17-4-6-18(27)11-20(17)28)10-24-25(32)31(26(33)36-24)13-16-5-7-19(30)12-21(16)29/h3-12H,2,13-14H2,1H3/b24-10+. The van der Waals surface area contributed by atoms with E-state index in [9.17, 15) is 14.0 Å². The quantitative estimate of drug-likeness (QED) is 0.259. The summed E-state index contributed by atoms with van der Waals surface area (Å²) in [5, 5.41) is 0.745. The van der Waals surface area contributed by atoms with Gasteiger partial charge in [-0.25, -0.2) is 4.39 Å². The summed E-state index contributed by atoms with van der Waals surface area (Å²) >= 11 is 19.1. The minimum absolute atomic E-state index is 0.0502. The lowest BCUT2D eigenvalue weighted by atomic mass is 10.1. The Morgan fingerprint density at radius 2 is 1.67 bits per heavy atom. The Morgan fingerprint density at radius 1 is 0.917 bits per heavy atom. The van der Waals surface area contributed by atoms with Gasteiger partial charge in [0.1, 0.15) is 12.4 Å². The van der Waals surface area contributed by atoms with E-state index in [0.717, 1.165) is 28.3 Å². The average molecular weight is 567 g/mol. The molecule has 1 heterocycles. The second-order valence-corrected chi connectivity index (χ2v) is 9.91. The molecule has 0 spiro atoms. The van der Waals surface area contributed by atoms with Gasteiger partial charge in [-0.2, -0.15) is 0 Å². The Balaban J connectivity index is 1.51. The SMILES string of the molecule is CCOc1cc(/C=C2/SC(=O)N(Cc3ccc(F)cc3Cl)C2=O)ccc1OCc1ccc(Cl)cc1Cl. The van der Waals surface area contributed by atoms with Gasteiger partial charge in [0.05, 0.1) is 18.1 Å². The zero-order valence-corrected chi connectivity index (χ0v) is 22.0. The minimum Gasteiger partial charge on any atom is -0.490 e. The van der Waals surface area contributed by atoms with E-state index in [0.29, 0.717) is 39.3 Å². The van der Waals surface area contributed by atoms with Crippen LogP contribution < -0.4 is 9.47 Å². The molecule has 1 aliphatic heterocycles. The van der Waals surface area contributed by atoms with Crippen molar-refractivity contribution in [3.63, 3.8) is 0 Å². The fourth-order valence-corrected chi connectivity index (χ4v) is 4.93. The molecule has 3 aromatic rings. The van der Waals surface area contributed by atoms with Crippen molar-refractivity contribution >= 4 is 63.8 Å². The Labute approximate surface area is 226 Å². The minimum atomic E-state index is -0.494. The molecule has 0 saturated carbocycles. The highest BCUT2D eigenvalue weighted by atomic mass is 35.5. The highest BCUT2D eigenvalue weighted by molar-refractivity contribution is 8.18. The van der Waals surface area contributed by atoms with Crippen molar-refractivity contribution in [1.29, 1.82) is 0 Å². The van der Waals surface area contributed by atoms with Crippen LogP contribution in [-0.4, -0.2) is 22.7 Å². The van der Waals surface area contributed by atoms with E-state index in [-0.39, 0.29) is 23.1 Å². The lowest BCUT2D eigenvalue weighted by Gasteiger charge is -2.14. The summed E-state index contributed by atoms with van der Waals surface area (Å²) in [7, 11) is 0. The molecule has 10 heteroatoms. The first-order valence-corrected chi connectivity index (χ1v) is 12.7. The predicted octanol–water partition coefficient (Wildman–Crippen LogP) is 8.00. The molecule has 0 atom stereocenters. The van der Waals surface area contributed by atoms with E-state index in [4.69, 9.17) is 44.3 Å². The Bertz CT molecular complexity index is 1370. The molecule has 2 amide bonds. The normalized spacial score (nSPS) is 14.6. The van der Waals surface area contributed by atoms with Crippen LogP contribution in [-0.2, 0) is 17.9 Å². The van der Waals surface area contributed by atoms with Gasteiger partial charge in [0.2, 0.25) is 0 Å². The molecule has 5 nitrogen and oxygen atoms in total. The molecule has 0 bridgehead atoms. The zero-order chi connectivity index (χ0) is 25.8. The summed E-state index contributed by atoms with van der Waals surface area (Å²) in [5.41, 5.74) is 1.89. The molecule has 0 aromatic heterocycles. The van der Waals surface area contributed by atoms with Crippen LogP contribution in [0.25, 0.3) is 6.08 Å². The molecule has 186 valence electrons. The topological polar surface area (TPSA) is 55.8 Å². The Hall–Kier alpha value is -2.71. The van der Waals surface area contributed by atoms with Crippen LogP contribution >= 0.6 is 46.6 Å². The molecule has 0 unspecified atom stereocenters. The van der Waals surface area contributed by atoms with E-state index in [1.807, 2.05) is 6.92 Å². The van der Waals surface area contributed by atoms with Crippen LogP contribution in [0.1, 0.15) is 23.6 Å². The van der Waals surface area contributed by atoms with Crippen molar-refractivity contribution in [2.24, 2.45) is 0 Å². The summed E-state index contributed by atoms with van der Waals surface area (Å²) in [5.74, 6) is 0.0281. The number of carbonyl (C=O) groups excluding carboxylic acids is 2. The molecule has 1 fully saturated rings. The largest absolute Gasteiger partial charge is 0.490 e. The Kier molecular flexibility index (Phi) is 8.46. The zero-order valence-electron chi connectivity index (χ0n) is 18.9. The number of rotatable bonds is 8. The van der Waals surface area contributed by atoms with Gasteiger partial charge in [-0.3, -0.25) is 14.5 Å². The van der Waals surface area contributed by atoms with Crippen molar-refractivity contribution in [3.05, 3.63) is 97.1 Å². The molecule has 36 heavy (non-hydrogen) atoms. The fourth-order valence-electron chi connectivity index (χ4n) is 3.40. The second kappa shape index (κ2) is 11.6. The number of imide groups is 1. The highest BCUT2D eigenvalue weighted by Gasteiger charge is 2.35. The van der Waals surface area contributed by atoms with Gasteiger partial charge >= 0.3 is 0 Å². The molecule has 3 aromatic carbocycles.